The van der Waals surface area contributed by atoms with E-state index in [0.717, 1.165) is 0 Å². The zero-order chi connectivity index (χ0) is 30.7. The SMILES string of the molecule is CC[C@H](N[P@](=O)(OC[C@@]1(C#N)O[C@@H](c2ccc3c(N)ncnn23)[C@H](O)[C@@H]1O)Oc1ccccc1)C(=O)OCC(C)(C)C. The Kier molecular flexibility index (Phi) is 9.22. The molecular formula is C27H35N6O8P. The first-order valence-corrected chi connectivity index (χ1v) is 14.8. The third-order valence-corrected chi connectivity index (χ3v) is 8.06. The zero-order valence-electron chi connectivity index (χ0n) is 23.7. The van der Waals surface area contributed by atoms with E-state index in [1.807, 2.05) is 26.8 Å². The van der Waals surface area contributed by atoms with Gasteiger partial charge in [0.25, 0.3) is 0 Å². The number of nitriles is 1. The number of benzene rings is 1. The highest BCUT2D eigenvalue weighted by Crippen LogP contribution is 2.48. The molecule has 6 atom stereocenters. The van der Waals surface area contributed by atoms with Gasteiger partial charge in [0, 0.05) is 0 Å². The van der Waals surface area contributed by atoms with Gasteiger partial charge in [-0.1, -0.05) is 45.9 Å². The minimum absolute atomic E-state index is 0.122. The molecule has 0 aliphatic carbocycles. The molecule has 0 saturated carbocycles. The van der Waals surface area contributed by atoms with Crippen LogP contribution in [-0.2, 0) is 23.4 Å². The number of anilines is 1. The predicted molar refractivity (Wildman–Crippen MR) is 150 cm³/mol. The number of hydrogen-bond donors (Lipinski definition) is 4. The van der Waals surface area contributed by atoms with Gasteiger partial charge in [-0.2, -0.15) is 15.4 Å². The molecule has 3 heterocycles. The summed E-state index contributed by atoms with van der Waals surface area (Å²) in [7, 11) is -4.43. The molecule has 42 heavy (non-hydrogen) atoms. The van der Waals surface area contributed by atoms with E-state index in [1.165, 1.54) is 23.0 Å². The third-order valence-electron chi connectivity index (χ3n) is 6.51. The van der Waals surface area contributed by atoms with Gasteiger partial charge in [0.1, 0.15) is 54.6 Å². The van der Waals surface area contributed by atoms with Crippen molar-refractivity contribution < 1.29 is 38.1 Å². The average Bonchev–Trinajstić information content (AvgIpc) is 3.49. The lowest BCUT2D eigenvalue weighted by molar-refractivity contribution is -0.148. The van der Waals surface area contributed by atoms with Gasteiger partial charge in [-0.05, 0) is 36.1 Å². The predicted octanol–water partition coefficient (Wildman–Crippen LogP) is 2.53. The van der Waals surface area contributed by atoms with E-state index in [9.17, 15) is 24.8 Å². The third kappa shape index (κ3) is 6.73. The van der Waals surface area contributed by atoms with Crippen LogP contribution in [0.3, 0.4) is 0 Å². The normalized spacial score (nSPS) is 24.5. The summed E-state index contributed by atoms with van der Waals surface area (Å²) in [4.78, 5) is 16.8. The maximum absolute atomic E-state index is 14.1. The van der Waals surface area contributed by atoms with E-state index in [0.29, 0.717) is 5.52 Å². The second-order valence-electron chi connectivity index (χ2n) is 11.1. The zero-order valence-corrected chi connectivity index (χ0v) is 24.6. The van der Waals surface area contributed by atoms with Crippen molar-refractivity contribution in [3.63, 3.8) is 0 Å². The molecule has 1 aliphatic heterocycles. The first-order valence-electron chi connectivity index (χ1n) is 13.3. The Bertz CT molecular complexity index is 1490. The number of rotatable bonds is 11. The van der Waals surface area contributed by atoms with Crippen LogP contribution in [0, 0.1) is 16.7 Å². The molecule has 0 unspecified atom stereocenters. The number of nitrogen functional groups attached to an aromatic ring is 1. The number of para-hydroxylation sites is 1. The summed E-state index contributed by atoms with van der Waals surface area (Å²) in [6.07, 6.45) is -3.24. The average molecular weight is 603 g/mol. The summed E-state index contributed by atoms with van der Waals surface area (Å²) in [5.74, 6) is -0.340. The Morgan fingerprint density at radius 2 is 2.00 bits per heavy atom. The molecule has 1 fully saturated rings. The Morgan fingerprint density at radius 3 is 2.64 bits per heavy atom. The summed E-state index contributed by atoms with van der Waals surface area (Å²) in [6, 6.07) is 12.0. The van der Waals surface area contributed by atoms with Gasteiger partial charge in [0.05, 0.1) is 12.3 Å². The molecular weight excluding hydrogens is 567 g/mol. The molecule has 0 radical (unpaired) electrons. The van der Waals surface area contributed by atoms with Crippen LogP contribution in [0.5, 0.6) is 5.75 Å². The van der Waals surface area contributed by atoms with Crippen LogP contribution in [0.4, 0.5) is 5.82 Å². The van der Waals surface area contributed by atoms with Crippen molar-refractivity contribution in [2.75, 3.05) is 18.9 Å². The van der Waals surface area contributed by atoms with E-state index in [-0.39, 0.29) is 35.7 Å². The molecule has 1 saturated heterocycles. The topological polar surface area (TPSA) is 204 Å². The van der Waals surface area contributed by atoms with Crippen LogP contribution in [0.1, 0.15) is 45.9 Å². The van der Waals surface area contributed by atoms with Crippen LogP contribution < -0.4 is 15.3 Å². The van der Waals surface area contributed by atoms with E-state index in [1.54, 1.807) is 37.3 Å². The van der Waals surface area contributed by atoms with Gasteiger partial charge < -0.3 is 29.9 Å². The van der Waals surface area contributed by atoms with Crippen LogP contribution in [-0.4, -0.2) is 67.8 Å². The minimum atomic E-state index is -4.43. The first kappa shape index (κ1) is 31.4. The molecule has 226 valence electrons. The number of carbonyl (C=O) groups is 1. The summed E-state index contributed by atoms with van der Waals surface area (Å²) in [6.45, 7) is 6.70. The molecule has 3 aromatic rings. The Morgan fingerprint density at radius 1 is 1.29 bits per heavy atom. The number of nitrogens with zero attached hydrogens (tertiary/aromatic N) is 4. The minimum Gasteiger partial charge on any atom is -0.464 e. The Balaban J connectivity index is 1.59. The maximum atomic E-state index is 14.1. The van der Waals surface area contributed by atoms with Crippen LogP contribution in [0.2, 0.25) is 0 Å². The fourth-order valence-electron chi connectivity index (χ4n) is 4.26. The molecule has 0 amide bonds. The van der Waals surface area contributed by atoms with Gasteiger partial charge in [0.15, 0.2) is 5.82 Å². The number of carbonyl (C=O) groups excluding carboxylic acids is 1. The van der Waals surface area contributed by atoms with Gasteiger partial charge in [0.2, 0.25) is 5.60 Å². The monoisotopic (exact) mass is 602 g/mol. The lowest BCUT2D eigenvalue weighted by atomic mass is 9.96. The second-order valence-corrected chi connectivity index (χ2v) is 12.8. The van der Waals surface area contributed by atoms with Gasteiger partial charge in [-0.15, -0.1) is 0 Å². The summed E-state index contributed by atoms with van der Waals surface area (Å²) in [5, 5.41) is 38.8. The number of ether oxygens (including phenoxy) is 2. The molecule has 4 rings (SSSR count). The molecule has 1 aromatic carbocycles. The lowest BCUT2D eigenvalue weighted by Crippen LogP contribution is -2.46. The first-order chi connectivity index (χ1) is 19.8. The van der Waals surface area contributed by atoms with Gasteiger partial charge >= 0.3 is 13.7 Å². The number of hydrogen-bond acceptors (Lipinski definition) is 12. The number of aliphatic hydroxyl groups excluding tert-OH is 2. The molecule has 2 aromatic heterocycles. The highest BCUT2D eigenvalue weighted by Gasteiger charge is 2.57. The number of aliphatic hydroxyl groups is 2. The Labute approximate surface area is 242 Å². The van der Waals surface area contributed by atoms with E-state index < -0.39 is 50.3 Å². The highest BCUT2D eigenvalue weighted by molar-refractivity contribution is 7.52. The van der Waals surface area contributed by atoms with Crippen molar-refractivity contribution in [3.8, 4) is 11.8 Å². The number of fused-ring (bicyclic) bond motifs is 1. The van der Waals surface area contributed by atoms with Crippen molar-refractivity contribution >= 4 is 25.1 Å². The number of nitrogens with one attached hydrogen (secondary N) is 1. The number of esters is 1. The quantitative estimate of drug-likeness (QED) is 0.184. The molecule has 5 N–H and O–H groups in total. The van der Waals surface area contributed by atoms with E-state index in [4.69, 9.17) is 24.3 Å². The standard InChI is InChI=1S/C27H35N6O8P/c1-5-18(25(36)38-14-26(2,3)4)32-42(37,41-17-9-7-6-8-10-17)39-15-27(13-28)23(35)21(34)22(40-27)19-11-12-20-24(29)30-16-31-33(19)20/h6-12,16,18,21-23,34-35H,5,14-15H2,1-4H3,(H,32,37)(H2,29,30,31)/t18-,21-,22-,23-,27+,42-/m0/s1. The van der Waals surface area contributed by atoms with Crippen LogP contribution in [0.15, 0.2) is 48.8 Å². The molecule has 14 nitrogen and oxygen atoms in total. The van der Waals surface area contributed by atoms with E-state index >= 15 is 0 Å². The molecule has 0 bridgehead atoms. The summed E-state index contributed by atoms with van der Waals surface area (Å²) in [5.41, 5.74) is 4.13. The molecule has 1 aliphatic rings. The van der Waals surface area contributed by atoms with Crippen LogP contribution in [0.25, 0.3) is 5.52 Å². The Hall–Kier alpha value is -3.57. The van der Waals surface area contributed by atoms with Crippen molar-refractivity contribution in [1.82, 2.24) is 19.7 Å². The van der Waals surface area contributed by atoms with Crippen LogP contribution >= 0.6 is 7.75 Å². The van der Waals surface area contributed by atoms with Crippen molar-refractivity contribution in [2.45, 2.75) is 64.1 Å². The smallest absolute Gasteiger partial charge is 0.459 e. The fourth-order valence-corrected chi connectivity index (χ4v) is 5.87. The second kappa shape index (κ2) is 12.3. The van der Waals surface area contributed by atoms with Crippen molar-refractivity contribution in [3.05, 3.63) is 54.5 Å². The summed E-state index contributed by atoms with van der Waals surface area (Å²) >= 11 is 0. The number of nitrogens with two attached hydrogens (primary N) is 1. The lowest BCUT2D eigenvalue weighted by Gasteiger charge is -2.29. The van der Waals surface area contributed by atoms with Crippen molar-refractivity contribution in [2.24, 2.45) is 5.41 Å². The number of aromatic nitrogens is 3. The fraction of sp³-hybridized carbons (Fsp3) is 0.481. The van der Waals surface area contributed by atoms with Gasteiger partial charge in [-0.25, -0.2) is 14.1 Å². The largest absolute Gasteiger partial charge is 0.464 e. The molecule has 15 heteroatoms. The van der Waals surface area contributed by atoms with Crippen molar-refractivity contribution in [1.29, 1.82) is 5.26 Å². The summed E-state index contributed by atoms with van der Waals surface area (Å²) < 4.78 is 38.1. The highest BCUT2D eigenvalue weighted by atomic mass is 31.2. The molecule has 0 spiro atoms. The van der Waals surface area contributed by atoms with E-state index in [2.05, 4.69) is 15.2 Å². The van der Waals surface area contributed by atoms with Gasteiger partial charge in [-0.3, -0.25) is 9.32 Å². The maximum Gasteiger partial charge on any atom is 0.459 e.